The van der Waals surface area contributed by atoms with Gasteiger partial charge in [-0.3, -0.25) is 4.79 Å². The fraction of sp³-hybridized carbons (Fsp3) is 0.273. The molecule has 0 aromatic heterocycles. The van der Waals surface area contributed by atoms with Crippen LogP contribution in [0.15, 0.2) is 24.3 Å². The summed E-state index contributed by atoms with van der Waals surface area (Å²) in [7, 11) is 4.03. The number of benzene rings is 1. The molecule has 0 aliphatic carbocycles. The predicted molar refractivity (Wildman–Crippen MR) is 56.4 cm³/mol. The summed E-state index contributed by atoms with van der Waals surface area (Å²) in [4.78, 5) is 12.7. The molecule has 75 valence electrons. The maximum absolute atomic E-state index is 10.6. The lowest BCUT2D eigenvalue weighted by atomic mass is 10.1. The Balaban J connectivity index is 2.63. The largest absolute Gasteiger partial charge is 0.369 e. The second-order valence-corrected chi connectivity index (χ2v) is 3.53. The van der Waals surface area contributed by atoms with Gasteiger partial charge in [0.15, 0.2) is 0 Å². The van der Waals surface area contributed by atoms with E-state index in [1.165, 1.54) is 12.0 Å². The van der Waals surface area contributed by atoms with Crippen molar-refractivity contribution in [3.05, 3.63) is 41.8 Å². The molecule has 0 spiro atoms. The Morgan fingerprint density at radius 3 is 2.36 bits per heavy atom. The lowest BCUT2D eigenvalue weighted by Gasteiger charge is -2.09. The Labute approximate surface area is 84.5 Å². The van der Waals surface area contributed by atoms with E-state index in [9.17, 15) is 4.79 Å². The summed E-state index contributed by atoms with van der Waals surface area (Å²) < 4.78 is 0. The molecule has 1 aromatic rings. The molecule has 0 fully saturated rings. The molecule has 0 aliphatic heterocycles. The van der Waals surface area contributed by atoms with Gasteiger partial charge in [0.05, 0.1) is 6.42 Å². The standard InChI is InChI=1S/C11H15N2O/c1-13(2)8-10-5-3-9(4-6-10)7-11(12)14/h3-7H,8H2,1-2H3,(H2,12,14). The molecule has 3 nitrogen and oxygen atoms in total. The monoisotopic (exact) mass is 191 g/mol. The quantitative estimate of drug-likeness (QED) is 0.764. The molecule has 3 heteroatoms. The zero-order valence-electron chi connectivity index (χ0n) is 8.53. The molecule has 1 aromatic carbocycles. The summed E-state index contributed by atoms with van der Waals surface area (Å²) in [6, 6.07) is 7.77. The van der Waals surface area contributed by atoms with Gasteiger partial charge in [0.25, 0.3) is 0 Å². The second-order valence-electron chi connectivity index (χ2n) is 3.53. The highest BCUT2D eigenvalue weighted by atomic mass is 16.1. The molecule has 0 bridgehead atoms. The number of rotatable bonds is 4. The van der Waals surface area contributed by atoms with Crippen molar-refractivity contribution in [1.82, 2.24) is 4.90 Å². The van der Waals surface area contributed by atoms with Gasteiger partial charge in [0.1, 0.15) is 0 Å². The SMILES string of the molecule is CN(C)Cc1ccc([CH]C(N)=O)cc1. The van der Waals surface area contributed by atoms with E-state index in [2.05, 4.69) is 4.90 Å². The van der Waals surface area contributed by atoms with Crippen LogP contribution in [0, 0.1) is 6.42 Å². The molecule has 2 N–H and O–H groups in total. The third-order valence-electron chi connectivity index (χ3n) is 1.79. The van der Waals surface area contributed by atoms with Crippen molar-refractivity contribution in [3.63, 3.8) is 0 Å². The average Bonchev–Trinajstić information content (AvgIpc) is 2.06. The summed E-state index contributed by atoms with van der Waals surface area (Å²) in [5.74, 6) is -0.412. The zero-order valence-corrected chi connectivity index (χ0v) is 8.53. The topological polar surface area (TPSA) is 46.3 Å². The van der Waals surface area contributed by atoms with E-state index >= 15 is 0 Å². The maximum atomic E-state index is 10.6. The van der Waals surface area contributed by atoms with E-state index in [0.29, 0.717) is 0 Å². The van der Waals surface area contributed by atoms with Crippen LogP contribution in [-0.4, -0.2) is 24.9 Å². The van der Waals surface area contributed by atoms with Crippen LogP contribution in [0.5, 0.6) is 0 Å². The summed E-state index contributed by atoms with van der Waals surface area (Å²) in [5, 5.41) is 0. The van der Waals surface area contributed by atoms with Crippen LogP contribution in [0.2, 0.25) is 0 Å². The highest BCUT2D eigenvalue weighted by molar-refractivity contribution is 5.86. The maximum Gasteiger partial charge on any atom is 0.226 e. The van der Waals surface area contributed by atoms with Crippen LogP contribution in [0.25, 0.3) is 0 Å². The highest BCUT2D eigenvalue weighted by Crippen LogP contribution is 2.07. The molecular formula is C11H15N2O. The summed E-state index contributed by atoms with van der Waals surface area (Å²) in [6.45, 7) is 0.900. The minimum Gasteiger partial charge on any atom is -0.369 e. The Bertz CT molecular complexity index is 304. The van der Waals surface area contributed by atoms with E-state index in [-0.39, 0.29) is 0 Å². The minimum atomic E-state index is -0.412. The average molecular weight is 191 g/mol. The number of nitrogens with zero attached hydrogens (tertiary/aromatic N) is 1. The molecule has 0 saturated heterocycles. The lowest BCUT2D eigenvalue weighted by molar-refractivity contribution is -0.114. The van der Waals surface area contributed by atoms with Gasteiger partial charge in [0.2, 0.25) is 5.91 Å². The predicted octanol–water partition coefficient (Wildman–Crippen LogP) is 0.786. The first kappa shape index (κ1) is 10.7. The van der Waals surface area contributed by atoms with Crippen molar-refractivity contribution < 1.29 is 4.79 Å². The van der Waals surface area contributed by atoms with Gasteiger partial charge in [-0.05, 0) is 25.2 Å². The molecule has 0 saturated carbocycles. The molecule has 14 heavy (non-hydrogen) atoms. The highest BCUT2D eigenvalue weighted by Gasteiger charge is 1.99. The van der Waals surface area contributed by atoms with Crippen LogP contribution < -0.4 is 5.73 Å². The first-order chi connectivity index (χ1) is 6.58. The number of nitrogens with two attached hydrogens (primary N) is 1. The van der Waals surface area contributed by atoms with Crippen molar-refractivity contribution in [3.8, 4) is 0 Å². The first-order valence-electron chi connectivity index (χ1n) is 4.46. The number of amides is 1. The van der Waals surface area contributed by atoms with Gasteiger partial charge in [-0.2, -0.15) is 0 Å². The number of hydrogen-bond donors (Lipinski definition) is 1. The third-order valence-corrected chi connectivity index (χ3v) is 1.79. The van der Waals surface area contributed by atoms with E-state index < -0.39 is 5.91 Å². The molecule has 1 radical (unpaired) electrons. The van der Waals surface area contributed by atoms with Crippen molar-refractivity contribution in [2.24, 2.45) is 5.73 Å². The van der Waals surface area contributed by atoms with Gasteiger partial charge in [-0.1, -0.05) is 24.3 Å². The van der Waals surface area contributed by atoms with Crippen LogP contribution in [0.4, 0.5) is 0 Å². The van der Waals surface area contributed by atoms with Crippen molar-refractivity contribution in [2.75, 3.05) is 14.1 Å². The summed E-state index contributed by atoms with van der Waals surface area (Å²) in [6.07, 6.45) is 1.42. The second kappa shape index (κ2) is 4.77. The molecule has 0 aliphatic rings. The Hall–Kier alpha value is -1.35. The van der Waals surface area contributed by atoms with Gasteiger partial charge < -0.3 is 10.6 Å². The fourth-order valence-electron chi connectivity index (χ4n) is 1.25. The van der Waals surface area contributed by atoms with Gasteiger partial charge in [-0.15, -0.1) is 0 Å². The number of hydrogen-bond acceptors (Lipinski definition) is 2. The molecule has 0 unspecified atom stereocenters. The normalized spacial score (nSPS) is 10.5. The van der Waals surface area contributed by atoms with E-state index in [4.69, 9.17) is 5.73 Å². The smallest absolute Gasteiger partial charge is 0.226 e. The minimum absolute atomic E-state index is 0.412. The summed E-state index contributed by atoms with van der Waals surface area (Å²) >= 11 is 0. The third kappa shape index (κ3) is 3.58. The Morgan fingerprint density at radius 1 is 1.36 bits per heavy atom. The van der Waals surface area contributed by atoms with Crippen molar-refractivity contribution in [1.29, 1.82) is 0 Å². The lowest BCUT2D eigenvalue weighted by Crippen LogP contribution is -2.12. The fourth-order valence-corrected chi connectivity index (χ4v) is 1.25. The molecular weight excluding hydrogens is 176 g/mol. The molecule has 1 amide bonds. The van der Waals surface area contributed by atoms with E-state index in [0.717, 1.165) is 12.1 Å². The molecule has 1 rings (SSSR count). The van der Waals surface area contributed by atoms with Crippen LogP contribution >= 0.6 is 0 Å². The Kier molecular flexibility index (Phi) is 3.65. The van der Waals surface area contributed by atoms with Gasteiger partial charge in [0, 0.05) is 6.54 Å². The van der Waals surface area contributed by atoms with Crippen LogP contribution in [0.3, 0.4) is 0 Å². The van der Waals surface area contributed by atoms with Crippen LogP contribution in [0.1, 0.15) is 11.1 Å². The van der Waals surface area contributed by atoms with Gasteiger partial charge in [-0.25, -0.2) is 0 Å². The van der Waals surface area contributed by atoms with Crippen LogP contribution in [-0.2, 0) is 11.3 Å². The van der Waals surface area contributed by atoms with Gasteiger partial charge >= 0.3 is 0 Å². The number of carbonyl (C=O) groups is 1. The van der Waals surface area contributed by atoms with Crippen molar-refractivity contribution in [2.45, 2.75) is 6.54 Å². The zero-order chi connectivity index (χ0) is 10.6. The van der Waals surface area contributed by atoms with Crippen molar-refractivity contribution >= 4 is 5.91 Å². The molecule has 0 atom stereocenters. The first-order valence-corrected chi connectivity index (χ1v) is 4.46. The number of carbonyl (C=O) groups excluding carboxylic acids is 1. The van der Waals surface area contributed by atoms with E-state index in [1.54, 1.807) is 0 Å². The number of primary amides is 1. The molecule has 0 heterocycles. The summed E-state index contributed by atoms with van der Waals surface area (Å²) in [5.41, 5.74) is 7.11. The Morgan fingerprint density at radius 2 is 1.93 bits per heavy atom. The van der Waals surface area contributed by atoms with E-state index in [1.807, 2.05) is 38.4 Å².